The van der Waals surface area contributed by atoms with Gasteiger partial charge in [-0.05, 0) is 77.4 Å². The van der Waals surface area contributed by atoms with Crippen LogP contribution in [0, 0.1) is 0 Å². The average molecular weight is 809 g/mol. The van der Waals surface area contributed by atoms with Crippen molar-refractivity contribution in [1.29, 1.82) is 0 Å². The molecule has 7 heteroatoms. The molecule has 0 unspecified atom stereocenters. The largest absolute Gasteiger partial charge is 0.436 e. The maximum Gasteiger partial charge on any atom is 0.238 e. The summed E-state index contributed by atoms with van der Waals surface area (Å²) >= 11 is 0. The molecule has 0 saturated heterocycles. The van der Waals surface area contributed by atoms with Crippen molar-refractivity contribution in [3.63, 3.8) is 0 Å². The van der Waals surface area contributed by atoms with Crippen molar-refractivity contribution in [3.05, 3.63) is 206 Å². The van der Waals surface area contributed by atoms with E-state index >= 15 is 0 Å². The van der Waals surface area contributed by atoms with E-state index < -0.39 is 0 Å². The minimum absolute atomic E-state index is 0.572. The molecular formula is C56H36N6O. The summed E-state index contributed by atoms with van der Waals surface area (Å²) in [6, 6.07) is 63.5. The number of rotatable bonds is 6. The first kappa shape index (κ1) is 35.3. The fraction of sp³-hybridized carbons (Fsp3) is 0.0357. The fourth-order valence-electron chi connectivity index (χ4n) is 9.65. The number of allylic oxidation sites excluding steroid dienone is 4. The average Bonchev–Trinajstić information content (AvgIpc) is 4.05. The summed E-state index contributed by atoms with van der Waals surface area (Å²) < 4.78 is 11.1. The van der Waals surface area contributed by atoms with Crippen LogP contribution in [-0.2, 0) is 0 Å². The zero-order valence-corrected chi connectivity index (χ0v) is 34.0. The van der Waals surface area contributed by atoms with Crippen LogP contribution in [0.5, 0.6) is 0 Å². The minimum Gasteiger partial charge on any atom is -0.436 e. The molecule has 0 radical (unpaired) electrons. The van der Waals surface area contributed by atoms with Gasteiger partial charge < -0.3 is 8.98 Å². The van der Waals surface area contributed by atoms with Gasteiger partial charge in [0.05, 0.1) is 27.8 Å². The lowest BCUT2D eigenvalue weighted by molar-refractivity contribution is 0.620. The molecule has 0 spiro atoms. The van der Waals surface area contributed by atoms with Crippen molar-refractivity contribution in [3.8, 4) is 34.5 Å². The molecule has 12 aromatic rings. The van der Waals surface area contributed by atoms with Crippen molar-refractivity contribution in [2.45, 2.75) is 12.8 Å². The molecule has 4 aromatic heterocycles. The molecule has 13 rings (SSSR count). The van der Waals surface area contributed by atoms with Gasteiger partial charge in [0.25, 0.3) is 0 Å². The van der Waals surface area contributed by atoms with Crippen LogP contribution >= 0.6 is 0 Å². The predicted octanol–water partition coefficient (Wildman–Crippen LogP) is 14.0. The smallest absolute Gasteiger partial charge is 0.238 e. The lowest BCUT2D eigenvalue weighted by Gasteiger charge is -2.17. The zero-order chi connectivity index (χ0) is 41.4. The molecule has 4 heterocycles. The fourth-order valence-corrected chi connectivity index (χ4v) is 9.65. The quantitative estimate of drug-likeness (QED) is 0.167. The Morgan fingerprint density at radius 3 is 1.79 bits per heavy atom. The molecule has 0 N–H and O–H groups in total. The van der Waals surface area contributed by atoms with Gasteiger partial charge in [0.1, 0.15) is 5.52 Å². The molecule has 1 aliphatic carbocycles. The Labute approximate surface area is 361 Å². The van der Waals surface area contributed by atoms with Crippen LogP contribution in [0.25, 0.3) is 111 Å². The summed E-state index contributed by atoms with van der Waals surface area (Å²) in [5, 5.41) is 6.67. The predicted molar refractivity (Wildman–Crippen MR) is 256 cm³/mol. The third kappa shape index (κ3) is 5.60. The molecule has 7 nitrogen and oxygen atoms in total. The topological polar surface area (TPSA) is 74.6 Å². The second-order valence-electron chi connectivity index (χ2n) is 16.1. The highest BCUT2D eigenvalue weighted by Crippen LogP contribution is 2.44. The highest BCUT2D eigenvalue weighted by Gasteiger charge is 2.25. The number of fused-ring (bicyclic) bond motifs is 9. The first-order valence-electron chi connectivity index (χ1n) is 21.4. The number of oxazole rings is 1. The number of benzene rings is 8. The summed E-state index contributed by atoms with van der Waals surface area (Å²) in [5.74, 6) is 2.48. The van der Waals surface area contributed by atoms with Crippen LogP contribution in [-0.4, -0.2) is 29.1 Å². The van der Waals surface area contributed by atoms with E-state index in [0.29, 0.717) is 23.5 Å². The van der Waals surface area contributed by atoms with Crippen molar-refractivity contribution in [1.82, 2.24) is 29.1 Å². The van der Waals surface area contributed by atoms with E-state index in [0.717, 1.165) is 101 Å². The van der Waals surface area contributed by atoms with Gasteiger partial charge in [-0.25, -0.2) is 9.97 Å². The Kier molecular flexibility index (Phi) is 7.90. The van der Waals surface area contributed by atoms with E-state index in [4.69, 9.17) is 24.4 Å². The number of aromatic nitrogens is 6. The number of para-hydroxylation sites is 4. The van der Waals surface area contributed by atoms with Gasteiger partial charge in [0.15, 0.2) is 17.2 Å². The summed E-state index contributed by atoms with van der Waals surface area (Å²) in [4.78, 5) is 21.0. The molecule has 8 aromatic carbocycles. The molecule has 63 heavy (non-hydrogen) atoms. The first-order chi connectivity index (χ1) is 31.2. The summed E-state index contributed by atoms with van der Waals surface area (Å²) in [6.45, 7) is 0. The highest BCUT2D eigenvalue weighted by molar-refractivity contribution is 6.24. The van der Waals surface area contributed by atoms with Gasteiger partial charge in [0.2, 0.25) is 11.8 Å². The van der Waals surface area contributed by atoms with Crippen LogP contribution < -0.4 is 0 Å². The normalized spacial score (nSPS) is 13.1. The summed E-state index contributed by atoms with van der Waals surface area (Å²) in [6.07, 6.45) is 6.29. The monoisotopic (exact) mass is 808 g/mol. The molecule has 0 atom stereocenters. The Hall–Kier alpha value is -8.42. The highest BCUT2D eigenvalue weighted by atomic mass is 16.3. The Morgan fingerprint density at radius 1 is 0.444 bits per heavy atom. The van der Waals surface area contributed by atoms with Crippen molar-refractivity contribution < 1.29 is 4.42 Å². The van der Waals surface area contributed by atoms with Gasteiger partial charge in [-0.3, -0.25) is 4.57 Å². The van der Waals surface area contributed by atoms with Gasteiger partial charge in [-0.1, -0.05) is 152 Å². The Morgan fingerprint density at radius 2 is 1.05 bits per heavy atom. The summed E-state index contributed by atoms with van der Waals surface area (Å²) in [7, 11) is 0. The van der Waals surface area contributed by atoms with Gasteiger partial charge in [-0.2, -0.15) is 9.97 Å². The van der Waals surface area contributed by atoms with Crippen LogP contribution in [0.15, 0.2) is 199 Å². The van der Waals surface area contributed by atoms with Crippen LogP contribution in [0.2, 0.25) is 0 Å². The van der Waals surface area contributed by atoms with E-state index in [1.165, 1.54) is 11.1 Å². The van der Waals surface area contributed by atoms with Crippen LogP contribution in [0.3, 0.4) is 0 Å². The second-order valence-corrected chi connectivity index (χ2v) is 16.1. The standard InChI is InChI=1S/C56H36N6O/c1-3-16-35(17-4-1)37-20-15-21-38(34-37)54-58-53(36-18-5-2-6-19-36)59-56(60-54)62-48-28-13-10-25-42(48)44-31-30-43-41-24-9-12-27-47(41)61(51(43)52(44)62)49-33-32-45(39-22-7-8-23-40(39)49)55-57-46-26-11-14-29-50(46)63-55/h1-14,16-20,22-34H,15,21H2. The van der Waals surface area contributed by atoms with Crippen molar-refractivity contribution in [2.24, 2.45) is 0 Å². The second kappa shape index (κ2) is 14.1. The minimum atomic E-state index is 0.572. The third-order valence-corrected chi connectivity index (χ3v) is 12.5. The molecule has 0 amide bonds. The van der Waals surface area contributed by atoms with Gasteiger partial charge >= 0.3 is 0 Å². The lowest BCUT2D eigenvalue weighted by Crippen LogP contribution is -2.09. The molecule has 0 aliphatic heterocycles. The van der Waals surface area contributed by atoms with E-state index in [9.17, 15) is 0 Å². The van der Waals surface area contributed by atoms with Crippen molar-refractivity contribution >= 4 is 76.6 Å². The van der Waals surface area contributed by atoms with Gasteiger partial charge in [-0.15, -0.1) is 0 Å². The number of hydrogen-bond donors (Lipinski definition) is 0. The van der Waals surface area contributed by atoms with E-state index in [-0.39, 0.29) is 0 Å². The van der Waals surface area contributed by atoms with Gasteiger partial charge in [0, 0.05) is 38.1 Å². The van der Waals surface area contributed by atoms with E-state index in [1.807, 2.05) is 42.5 Å². The van der Waals surface area contributed by atoms with E-state index in [1.54, 1.807) is 0 Å². The molecule has 0 saturated carbocycles. The van der Waals surface area contributed by atoms with Crippen LogP contribution in [0.1, 0.15) is 24.2 Å². The zero-order valence-electron chi connectivity index (χ0n) is 34.0. The Balaban J connectivity index is 1.12. The lowest BCUT2D eigenvalue weighted by atomic mass is 9.94. The maximum atomic E-state index is 6.37. The third-order valence-electron chi connectivity index (χ3n) is 12.5. The molecule has 1 aliphatic rings. The SMILES string of the molecule is C1=C(c2ccccc2)C=C(c2nc(-c3ccccc3)nc(-n3c4ccccc4c4ccc5c6ccccc6n(-c6ccc(-c7nc8ccccc8o7)c7ccccc67)c5c43)n2)CC1. The number of nitrogens with zero attached hydrogens (tertiary/aromatic N) is 6. The molecule has 296 valence electrons. The molecule has 0 fully saturated rings. The molecular weight excluding hydrogens is 773 g/mol. The molecule has 0 bridgehead atoms. The number of hydrogen-bond acceptors (Lipinski definition) is 5. The van der Waals surface area contributed by atoms with Crippen LogP contribution in [0.4, 0.5) is 0 Å². The Bertz CT molecular complexity index is 3820. The van der Waals surface area contributed by atoms with Crippen molar-refractivity contribution in [2.75, 3.05) is 0 Å². The first-order valence-corrected chi connectivity index (χ1v) is 21.4. The maximum absolute atomic E-state index is 6.37. The van der Waals surface area contributed by atoms with E-state index in [2.05, 4.69) is 161 Å². The summed E-state index contributed by atoms with van der Waals surface area (Å²) in [5.41, 5.74) is 12.2.